The molecule has 0 aliphatic heterocycles. The molecule has 0 spiro atoms. The Balaban J connectivity index is 0. The molecule has 0 radical (unpaired) electrons. The zero-order chi connectivity index (χ0) is 11.9. The van der Waals surface area contributed by atoms with Gasteiger partial charge < -0.3 is 8.78 Å². The van der Waals surface area contributed by atoms with Gasteiger partial charge in [0.15, 0.2) is 0 Å². The molecule has 0 heterocycles. The third-order valence-electron chi connectivity index (χ3n) is 1.90. The van der Waals surface area contributed by atoms with Crippen LogP contribution in [0.1, 0.15) is 38.5 Å². The second kappa shape index (κ2) is 10.2. The van der Waals surface area contributed by atoms with Crippen LogP contribution < -0.4 is 51.4 Å². The average Bonchev–Trinajstić information content (AvgIpc) is 2.08. The third-order valence-corrected chi connectivity index (χ3v) is 1.90. The standard InChI is InChI=1S/C9H13F6.K/c10-7(8(11)12)5-3-1-2-4-6-9(13,14)15;/h7H,1-6H2;/q-1;+1. The summed E-state index contributed by atoms with van der Waals surface area (Å²) < 4.78 is 70.3. The Morgan fingerprint density at radius 3 is 1.88 bits per heavy atom. The van der Waals surface area contributed by atoms with Crippen LogP contribution >= 0.6 is 0 Å². The molecule has 0 amide bonds. The van der Waals surface area contributed by atoms with Crippen molar-refractivity contribution in [1.82, 2.24) is 0 Å². The first-order valence-corrected chi connectivity index (χ1v) is 4.71. The molecule has 0 saturated heterocycles. The minimum Gasteiger partial charge on any atom is -0.418 e. The van der Waals surface area contributed by atoms with Crippen molar-refractivity contribution < 1.29 is 77.7 Å². The molecular weight excluding hydrogens is 261 g/mol. The Morgan fingerprint density at radius 2 is 1.44 bits per heavy atom. The number of hydrogen-bond donors (Lipinski definition) is 0. The molecule has 0 aliphatic rings. The molecule has 1 unspecified atom stereocenters. The van der Waals surface area contributed by atoms with Crippen LogP contribution in [0.2, 0.25) is 0 Å². The number of halogens is 6. The van der Waals surface area contributed by atoms with Crippen molar-refractivity contribution in [2.75, 3.05) is 0 Å². The fourth-order valence-corrected chi connectivity index (χ4v) is 1.11. The van der Waals surface area contributed by atoms with E-state index in [-0.39, 0.29) is 70.6 Å². The van der Waals surface area contributed by atoms with Crippen LogP contribution in [0.25, 0.3) is 0 Å². The summed E-state index contributed by atoms with van der Waals surface area (Å²) in [5.41, 5.74) is 0. The second-order valence-electron chi connectivity index (χ2n) is 3.33. The molecule has 16 heavy (non-hydrogen) atoms. The van der Waals surface area contributed by atoms with Crippen molar-refractivity contribution in [2.24, 2.45) is 0 Å². The van der Waals surface area contributed by atoms with Crippen molar-refractivity contribution >= 4 is 0 Å². The molecule has 0 aromatic heterocycles. The predicted octanol–water partition coefficient (Wildman–Crippen LogP) is 1.66. The van der Waals surface area contributed by atoms with Crippen LogP contribution in [0, 0.1) is 6.43 Å². The van der Waals surface area contributed by atoms with Crippen molar-refractivity contribution in [2.45, 2.75) is 50.9 Å². The Labute approximate surface area is 134 Å². The zero-order valence-electron chi connectivity index (χ0n) is 9.09. The van der Waals surface area contributed by atoms with Gasteiger partial charge in [0.2, 0.25) is 0 Å². The van der Waals surface area contributed by atoms with Gasteiger partial charge >= 0.3 is 57.6 Å². The first-order valence-electron chi connectivity index (χ1n) is 4.71. The summed E-state index contributed by atoms with van der Waals surface area (Å²) in [5.74, 6) is 0. The summed E-state index contributed by atoms with van der Waals surface area (Å²) in [4.78, 5) is 0. The van der Waals surface area contributed by atoms with E-state index >= 15 is 0 Å². The fourth-order valence-electron chi connectivity index (χ4n) is 1.11. The van der Waals surface area contributed by atoms with E-state index in [1.165, 1.54) is 0 Å². The summed E-state index contributed by atoms with van der Waals surface area (Å²) in [5, 5.41) is 0. The van der Waals surface area contributed by atoms with E-state index in [4.69, 9.17) is 0 Å². The van der Waals surface area contributed by atoms with Gasteiger partial charge in [-0.25, -0.2) is 0 Å². The van der Waals surface area contributed by atoms with Crippen molar-refractivity contribution in [1.29, 1.82) is 0 Å². The normalized spacial score (nSPS) is 13.7. The van der Waals surface area contributed by atoms with E-state index in [2.05, 4.69) is 0 Å². The largest absolute Gasteiger partial charge is 1.00 e. The van der Waals surface area contributed by atoms with Gasteiger partial charge in [0, 0.05) is 19.0 Å². The van der Waals surface area contributed by atoms with Gasteiger partial charge in [-0.15, -0.1) is 0 Å². The molecule has 0 bridgehead atoms. The van der Waals surface area contributed by atoms with Gasteiger partial charge in [-0.3, -0.25) is 4.39 Å². The van der Waals surface area contributed by atoms with Gasteiger partial charge in [0.05, 0.1) is 0 Å². The van der Waals surface area contributed by atoms with E-state index < -0.39 is 25.2 Å². The van der Waals surface area contributed by atoms with Gasteiger partial charge in [-0.05, 0) is 12.8 Å². The Bertz CT molecular complexity index is 159. The van der Waals surface area contributed by atoms with Gasteiger partial charge in [0.1, 0.15) is 0 Å². The van der Waals surface area contributed by atoms with Crippen LogP contribution in [0.15, 0.2) is 0 Å². The maximum absolute atomic E-state index is 12.3. The molecule has 0 aromatic carbocycles. The van der Waals surface area contributed by atoms with Crippen LogP contribution in [-0.2, 0) is 0 Å². The molecular formula is C9H13F6K. The molecule has 0 N–H and O–H groups in total. The molecule has 7 heteroatoms. The minimum atomic E-state index is -4.17. The molecule has 0 aromatic rings. The first kappa shape index (κ1) is 19.6. The molecule has 0 rings (SSSR count). The van der Waals surface area contributed by atoms with Gasteiger partial charge in [-0.1, -0.05) is 19.3 Å². The van der Waals surface area contributed by atoms with E-state index in [0.29, 0.717) is 12.8 Å². The van der Waals surface area contributed by atoms with Crippen molar-refractivity contribution in [3.8, 4) is 0 Å². The monoisotopic (exact) mass is 274 g/mol. The molecule has 0 fully saturated rings. The summed E-state index contributed by atoms with van der Waals surface area (Å²) in [6.45, 7) is 0. The molecule has 1 atom stereocenters. The van der Waals surface area contributed by atoms with E-state index in [1.807, 2.05) is 0 Å². The summed E-state index contributed by atoms with van der Waals surface area (Å²) >= 11 is 0. The SMILES string of the molecule is F[C-](F)C(F)CCCCCCC(F)(F)F.[K+]. The summed E-state index contributed by atoms with van der Waals surface area (Å²) in [6, 6.07) is 0. The van der Waals surface area contributed by atoms with E-state index in [1.54, 1.807) is 0 Å². The van der Waals surface area contributed by atoms with Crippen LogP contribution in [0.3, 0.4) is 0 Å². The smallest absolute Gasteiger partial charge is 0.418 e. The summed E-state index contributed by atoms with van der Waals surface area (Å²) in [7, 11) is 0. The van der Waals surface area contributed by atoms with Crippen molar-refractivity contribution in [3.05, 3.63) is 6.43 Å². The van der Waals surface area contributed by atoms with Crippen LogP contribution in [0.4, 0.5) is 26.3 Å². The van der Waals surface area contributed by atoms with E-state index in [9.17, 15) is 26.3 Å². The molecule has 0 aliphatic carbocycles. The fraction of sp³-hybridized carbons (Fsp3) is 0.889. The molecule has 0 nitrogen and oxygen atoms in total. The second-order valence-corrected chi connectivity index (χ2v) is 3.33. The quantitative estimate of drug-likeness (QED) is 0.287. The number of hydrogen-bond acceptors (Lipinski definition) is 0. The zero-order valence-corrected chi connectivity index (χ0v) is 12.2. The first-order chi connectivity index (χ1) is 6.83. The maximum atomic E-state index is 12.3. The Hall–Kier alpha value is 1.22. The number of rotatable bonds is 7. The third kappa shape index (κ3) is 13.3. The summed E-state index contributed by atoms with van der Waals surface area (Å²) in [6.07, 6.45) is -9.02. The number of alkyl halides is 4. The van der Waals surface area contributed by atoms with Crippen LogP contribution in [0.5, 0.6) is 0 Å². The average molecular weight is 274 g/mol. The Morgan fingerprint density at radius 1 is 0.938 bits per heavy atom. The number of unbranched alkanes of at least 4 members (excludes halogenated alkanes) is 3. The minimum absolute atomic E-state index is 0. The van der Waals surface area contributed by atoms with Gasteiger partial charge in [-0.2, -0.15) is 13.2 Å². The Kier molecular flexibility index (Phi) is 12.4. The van der Waals surface area contributed by atoms with Crippen LogP contribution in [-0.4, -0.2) is 12.3 Å². The molecule has 0 saturated carbocycles. The van der Waals surface area contributed by atoms with E-state index in [0.717, 1.165) is 0 Å². The molecule has 92 valence electrons. The van der Waals surface area contributed by atoms with Gasteiger partial charge in [0.25, 0.3) is 0 Å². The topological polar surface area (TPSA) is 0 Å². The maximum Gasteiger partial charge on any atom is 1.00 e. The predicted molar refractivity (Wildman–Crippen MR) is 44.1 cm³/mol. The van der Waals surface area contributed by atoms with Crippen molar-refractivity contribution in [3.63, 3.8) is 0 Å².